The van der Waals surface area contributed by atoms with Gasteiger partial charge in [-0.3, -0.25) is 0 Å². The van der Waals surface area contributed by atoms with Crippen LogP contribution in [0.1, 0.15) is 31.9 Å². The summed E-state index contributed by atoms with van der Waals surface area (Å²) in [6.45, 7) is 8.07. The van der Waals surface area contributed by atoms with E-state index in [1.807, 2.05) is 18.2 Å². The molecule has 0 saturated heterocycles. The predicted octanol–water partition coefficient (Wildman–Crippen LogP) is 2.69. The molecule has 1 aromatic rings. The molecule has 0 aliphatic heterocycles. The van der Waals surface area contributed by atoms with E-state index in [4.69, 9.17) is 16.7 Å². The Labute approximate surface area is 121 Å². The van der Waals surface area contributed by atoms with Crippen LogP contribution in [0.4, 0.5) is 0 Å². The molecule has 0 aromatic heterocycles. The first-order chi connectivity index (χ1) is 9.21. The average molecular weight is 285 g/mol. The predicted molar refractivity (Wildman–Crippen MR) is 81.7 cm³/mol. The number of nitrogens with zero attached hydrogens (tertiary/aromatic N) is 1. The summed E-state index contributed by atoms with van der Waals surface area (Å²) in [4.78, 5) is 2.26. The molecule has 19 heavy (non-hydrogen) atoms. The molecule has 0 radical (unpaired) electrons. The Morgan fingerprint density at radius 3 is 2.68 bits per heavy atom. The fourth-order valence-electron chi connectivity index (χ4n) is 2.24. The van der Waals surface area contributed by atoms with Crippen molar-refractivity contribution in [3.8, 4) is 0 Å². The zero-order chi connectivity index (χ0) is 14.1. The minimum atomic E-state index is 0.219. The van der Waals surface area contributed by atoms with E-state index in [2.05, 4.69) is 30.1 Å². The molecule has 0 heterocycles. The highest BCUT2D eigenvalue weighted by atomic mass is 35.5. The van der Waals surface area contributed by atoms with Gasteiger partial charge < -0.3 is 15.3 Å². The minimum absolute atomic E-state index is 0.219. The molecule has 0 aliphatic rings. The van der Waals surface area contributed by atoms with E-state index in [-0.39, 0.29) is 6.61 Å². The van der Waals surface area contributed by atoms with Crippen LogP contribution in [0.15, 0.2) is 24.3 Å². The number of benzene rings is 1. The quantitative estimate of drug-likeness (QED) is 0.732. The molecule has 0 saturated carbocycles. The standard InChI is InChI=1S/C15H25ClN2O/c1-3-17-15(8-9-18(4-2)10-11-19)13-6-5-7-14(16)12-13/h5-7,12,15,17,19H,3-4,8-11H2,1-2H3. The lowest BCUT2D eigenvalue weighted by Crippen LogP contribution is -2.31. The Balaban J connectivity index is 2.62. The smallest absolute Gasteiger partial charge is 0.0558 e. The van der Waals surface area contributed by atoms with Crippen molar-refractivity contribution in [1.29, 1.82) is 0 Å². The first kappa shape index (κ1) is 16.4. The molecule has 1 atom stereocenters. The largest absolute Gasteiger partial charge is 0.395 e. The SMILES string of the molecule is CCNC(CCN(CC)CCO)c1cccc(Cl)c1. The summed E-state index contributed by atoms with van der Waals surface area (Å²) < 4.78 is 0. The highest BCUT2D eigenvalue weighted by Crippen LogP contribution is 2.20. The van der Waals surface area contributed by atoms with Crippen molar-refractivity contribution in [2.45, 2.75) is 26.3 Å². The van der Waals surface area contributed by atoms with Crippen LogP contribution < -0.4 is 5.32 Å². The Kier molecular flexibility index (Phi) is 8.07. The highest BCUT2D eigenvalue weighted by molar-refractivity contribution is 6.30. The van der Waals surface area contributed by atoms with Crippen LogP contribution in [0.5, 0.6) is 0 Å². The van der Waals surface area contributed by atoms with Gasteiger partial charge in [0.05, 0.1) is 6.61 Å². The normalized spacial score (nSPS) is 12.9. The summed E-state index contributed by atoms with van der Waals surface area (Å²) in [7, 11) is 0. The monoisotopic (exact) mass is 284 g/mol. The second kappa shape index (κ2) is 9.32. The van der Waals surface area contributed by atoms with Gasteiger partial charge in [0.1, 0.15) is 0 Å². The Morgan fingerprint density at radius 1 is 1.32 bits per heavy atom. The second-order valence-electron chi connectivity index (χ2n) is 4.61. The van der Waals surface area contributed by atoms with Gasteiger partial charge in [-0.25, -0.2) is 0 Å². The molecule has 2 N–H and O–H groups in total. The van der Waals surface area contributed by atoms with Gasteiger partial charge >= 0.3 is 0 Å². The summed E-state index contributed by atoms with van der Waals surface area (Å²) in [6.07, 6.45) is 1.02. The van der Waals surface area contributed by atoms with E-state index >= 15 is 0 Å². The molecular formula is C15H25ClN2O. The van der Waals surface area contributed by atoms with Crippen LogP contribution in [0.3, 0.4) is 0 Å². The molecule has 0 spiro atoms. The molecule has 1 rings (SSSR count). The van der Waals surface area contributed by atoms with Crippen molar-refractivity contribution in [3.05, 3.63) is 34.9 Å². The van der Waals surface area contributed by atoms with Crippen molar-refractivity contribution >= 4 is 11.6 Å². The lowest BCUT2D eigenvalue weighted by atomic mass is 10.0. The number of aliphatic hydroxyl groups excluding tert-OH is 1. The van der Waals surface area contributed by atoms with Gasteiger partial charge in [-0.15, -0.1) is 0 Å². The van der Waals surface area contributed by atoms with E-state index in [1.54, 1.807) is 0 Å². The molecule has 0 bridgehead atoms. The van der Waals surface area contributed by atoms with E-state index in [1.165, 1.54) is 5.56 Å². The second-order valence-corrected chi connectivity index (χ2v) is 5.05. The van der Waals surface area contributed by atoms with Crippen LogP contribution >= 0.6 is 11.6 Å². The van der Waals surface area contributed by atoms with E-state index in [0.717, 1.165) is 37.6 Å². The number of nitrogens with one attached hydrogen (secondary N) is 1. The number of rotatable bonds is 9. The molecule has 3 nitrogen and oxygen atoms in total. The van der Waals surface area contributed by atoms with Gasteiger partial charge in [-0.2, -0.15) is 0 Å². The van der Waals surface area contributed by atoms with Crippen molar-refractivity contribution in [3.63, 3.8) is 0 Å². The zero-order valence-corrected chi connectivity index (χ0v) is 12.7. The topological polar surface area (TPSA) is 35.5 Å². The van der Waals surface area contributed by atoms with Gasteiger partial charge in [-0.05, 0) is 37.2 Å². The summed E-state index contributed by atoms with van der Waals surface area (Å²) in [6, 6.07) is 8.35. The fraction of sp³-hybridized carbons (Fsp3) is 0.600. The first-order valence-electron chi connectivity index (χ1n) is 7.03. The third kappa shape index (κ3) is 5.91. The number of likely N-dealkylation sites (N-methyl/N-ethyl adjacent to an activating group) is 1. The number of halogens is 1. The third-order valence-corrected chi connectivity index (χ3v) is 3.53. The maximum absolute atomic E-state index is 9.02. The van der Waals surface area contributed by atoms with Crippen LogP contribution in [-0.2, 0) is 0 Å². The molecule has 0 aliphatic carbocycles. The molecule has 0 amide bonds. The maximum Gasteiger partial charge on any atom is 0.0558 e. The first-order valence-corrected chi connectivity index (χ1v) is 7.41. The van der Waals surface area contributed by atoms with Crippen molar-refractivity contribution in [2.24, 2.45) is 0 Å². The Hall–Kier alpha value is -0.610. The van der Waals surface area contributed by atoms with E-state index < -0.39 is 0 Å². The Bertz CT molecular complexity index is 360. The van der Waals surface area contributed by atoms with Gasteiger partial charge in [0.25, 0.3) is 0 Å². The van der Waals surface area contributed by atoms with Crippen molar-refractivity contribution in [2.75, 3.05) is 32.8 Å². The van der Waals surface area contributed by atoms with E-state index in [9.17, 15) is 0 Å². The van der Waals surface area contributed by atoms with Crippen LogP contribution in [0, 0.1) is 0 Å². The van der Waals surface area contributed by atoms with Gasteiger partial charge in [-0.1, -0.05) is 37.6 Å². The van der Waals surface area contributed by atoms with Crippen molar-refractivity contribution < 1.29 is 5.11 Å². The summed E-state index contributed by atoms with van der Waals surface area (Å²) in [5, 5.41) is 13.3. The van der Waals surface area contributed by atoms with E-state index in [0.29, 0.717) is 6.04 Å². The van der Waals surface area contributed by atoms with Crippen molar-refractivity contribution in [1.82, 2.24) is 10.2 Å². The van der Waals surface area contributed by atoms with Crippen LogP contribution in [-0.4, -0.2) is 42.8 Å². The molecular weight excluding hydrogens is 260 g/mol. The van der Waals surface area contributed by atoms with Gasteiger partial charge in [0, 0.05) is 24.2 Å². The molecule has 1 unspecified atom stereocenters. The third-order valence-electron chi connectivity index (χ3n) is 3.30. The summed E-state index contributed by atoms with van der Waals surface area (Å²) in [5.41, 5.74) is 1.23. The summed E-state index contributed by atoms with van der Waals surface area (Å²) in [5.74, 6) is 0. The molecule has 108 valence electrons. The number of hydrogen-bond donors (Lipinski definition) is 2. The molecule has 4 heteroatoms. The van der Waals surface area contributed by atoms with Gasteiger partial charge in [0.15, 0.2) is 0 Å². The highest BCUT2D eigenvalue weighted by Gasteiger charge is 2.12. The Morgan fingerprint density at radius 2 is 2.11 bits per heavy atom. The summed E-state index contributed by atoms with van der Waals surface area (Å²) >= 11 is 6.06. The zero-order valence-electron chi connectivity index (χ0n) is 11.9. The maximum atomic E-state index is 9.02. The lowest BCUT2D eigenvalue weighted by molar-refractivity contribution is 0.195. The molecule has 1 aromatic carbocycles. The molecule has 0 fully saturated rings. The lowest BCUT2D eigenvalue weighted by Gasteiger charge is -2.24. The average Bonchev–Trinajstić information content (AvgIpc) is 2.42. The van der Waals surface area contributed by atoms with Gasteiger partial charge in [0.2, 0.25) is 0 Å². The minimum Gasteiger partial charge on any atom is -0.395 e. The van der Waals surface area contributed by atoms with Crippen LogP contribution in [0.2, 0.25) is 5.02 Å². The van der Waals surface area contributed by atoms with Crippen LogP contribution in [0.25, 0.3) is 0 Å². The number of hydrogen-bond acceptors (Lipinski definition) is 3. The fourth-order valence-corrected chi connectivity index (χ4v) is 2.44. The number of aliphatic hydroxyl groups is 1.